The summed E-state index contributed by atoms with van der Waals surface area (Å²) in [5, 5.41) is 21.4. The Labute approximate surface area is 202 Å². The summed E-state index contributed by atoms with van der Waals surface area (Å²) in [7, 11) is 3.57. The average Bonchev–Trinajstić information content (AvgIpc) is 3.45. The Hall–Kier alpha value is -3.50. The van der Waals surface area contributed by atoms with Crippen LogP contribution in [0, 0.1) is 5.92 Å². The lowest BCUT2D eigenvalue weighted by atomic mass is 9.80. The van der Waals surface area contributed by atoms with Crippen LogP contribution in [0.5, 0.6) is 0 Å². The molecule has 0 bridgehead atoms. The third-order valence-corrected chi connectivity index (χ3v) is 7.40. The molecule has 0 radical (unpaired) electrons. The van der Waals surface area contributed by atoms with Gasteiger partial charge in [-0.05, 0) is 43.7 Å². The van der Waals surface area contributed by atoms with Crippen LogP contribution in [0.15, 0.2) is 36.8 Å². The number of aliphatic hydroxyl groups excluding tert-OH is 1. The van der Waals surface area contributed by atoms with E-state index in [9.17, 15) is 9.90 Å². The molecule has 10 heteroatoms. The fourth-order valence-electron chi connectivity index (χ4n) is 5.20. The summed E-state index contributed by atoms with van der Waals surface area (Å²) in [6.07, 6.45) is 8.57. The van der Waals surface area contributed by atoms with Gasteiger partial charge in [-0.3, -0.25) is 4.79 Å². The molecular weight excluding hydrogens is 446 g/mol. The van der Waals surface area contributed by atoms with E-state index in [-0.39, 0.29) is 11.9 Å². The van der Waals surface area contributed by atoms with Crippen molar-refractivity contribution in [1.82, 2.24) is 29.5 Å². The topological polar surface area (TPSA) is 119 Å². The zero-order valence-corrected chi connectivity index (χ0v) is 19.8. The Morgan fingerprint density at radius 2 is 2.14 bits per heavy atom. The lowest BCUT2D eigenvalue weighted by Crippen LogP contribution is -2.50. The number of carbonyl (C=O) groups is 1. The van der Waals surface area contributed by atoms with Gasteiger partial charge in [0.15, 0.2) is 5.65 Å². The average molecular weight is 476 g/mol. The zero-order chi connectivity index (χ0) is 24.1. The minimum atomic E-state index is -0.495. The second-order valence-electron chi connectivity index (χ2n) is 9.57. The smallest absolute Gasteiger partial charge is 0.257 e. The molecule has 0 aromatic carbocycles. The van der Waals surface area contributed by atoms with Gasteiger partial charge in [-0.25, -0.2) is 9.97 Å². The molecule has 4 aromatic rings. The summed E-state index contributed by atoms with van der Waals surface area (Å²) < 4.78 is 9.21. The maximum absolute atomic E-state index is 13.0. The Kier molecular flexibility index (Phi) is 5.42. The molecule has 2 atom stereocenters. The molecule has 2 aliphatic carbocycles. The summed E-state index contributed by atoms with van der Waals surface area (Å²) in [5.74, 6) is 1.02. The van der Waals surface area contributed by atoms with Crippen molar-refractivity contribution in [3.8, 4) is 11.3 Å². The Bertz CT molecular complexity index is 1410. The van der Waals surface area contributed by atoms with Crippen LogP contribution in [0.1, 0.15) is 42.1 Å². The van der Waals surface area contributed by atoms with E-state index >= 15 is 0 Å². The Morgan fingerprint density at radius 1 is 1.29 bits per heavy atom. The normalized spacial score (nSPS) is 23.7. The van der Waals surface area contributed by atoms with Gasteiger partial charge in [-0.15, -0.1) is 0 Å². The molecule has 2 aliphatic rings. The monoisotopic (exact) mass is 475 g/mol. The van der Waals surface area contributed by atoms with E-state index < -0.39 is 6.10 Å². The van der Waals surface area contributed by atoms with Crippen molar-refractivity contribution >= 4 is 28.4 Å². The van der Waals surface area contributed by atoms with Crippen LogP contribution in [0.3, 0.4) is 0 Å². The number of aromatic nitrogens is 5. The van der Waals surface area contributed by atoms with Gasteiger partial charge in [0.05, 0.1) is 24.0 Å². The van der Waals surface area contributed by atoms with Crippen LogP contribution in [0.4, 0.5) is 5.82 Å². The molecule has 0 spiro atoms. The largest absolute Gasteiger partial charge is 0.391 e. The first-order valence-corrected chi connectivity index (χ1v) is 12.1. The van der Waals surface area contributed by atoms with Crippen LogP contribution in [-0.2, 0) is 4.74 Å². The number of nitrogens with zero attached hydrogens (tertiary/aromatic N) is 5. The fraction of sp³-hybridized carbons (Fsp3) is 0.440. The van der Waals surface area contributed by atoms with Crippen molar-refractivity contribution in [1.29, 1.82) is 0 Å². The van der Waals surface area contributed by atoms with E-state index in [1.54, 1.807) is 11.6 Å². The highest BCUT2D eigenvalue weighted by molar-refractivity contribution is 6.01. The molecule has 182 valence electrons. The van der Waals surface area contributed by atoms with E-state index in [0.29, 0.717) is 29.6 Å². The summed E-state index contributed by atoms with van der Waals surface area (Å²) >= 11 is 0. The van der Waals surface area contributed by atoms with E-state index in [0.717, 1.165) is 54.0 Å². The van der Waals surface area contributed by atoms with Gasteiger partial charge in [-0.1, -0.05) is 0 Å². The van der Waals surface area contributed by atoms with Crippen LogP contribution in [-0.4, -0.2) is 68.1 Å². The van der Waals surface area contributed by atoms with Crippen LogP contribution in [0.2, 0.25) is 0 Å². The van der Waals surface area contributed by atoms with Crippen molar-refractivity contribution in [3.63, 3.8) is 0 Å². The number of hydrogen-bond donors (Lipinski definition) is 3. The van der Waals surface area contributed by atoms with Crippen LogP contribution >= 0.6 is 0 Å². The molecule has 0 aliphatic heterocycles. The summed E-state index contributed by atoms with van der Waals surface area (Å²) in [6, 6.07) is 6.09. The first-order valence-electron chi connectivity index (χ1n) is 12.1. The second kappa shape index (κ2) is 8.62. The van der Waals surface area contributed by atoms with E-state index in [1.165, 1.54) is 6.20 Å². The molecule has 6 rings (SSSR count). The van der Waals surface area contributed by atoms with Crippen molar-refractivity contribution < 1.29 is 14.6 Å². The molecular formula is C25H29N7O3. The van der Waals surface area contributed by atoms with Gasteiger partial charge in [0.2, 0.25) is 0 Å². The van der Waals surface area contributed by atoms with Gasteiger partial charge >= 0.3 is 0 Å². The molecule has 1 amide bonds. The SMILES string of the molecule is CNc1cc(-c2cn(C3CC(COC)C3)c3ncccc23)nc2c(C(=O)N[C@@H]3CC[C@@H]3O)cnn12. The molecule has 35 heavy (non-hydrogen) atoms. The second-order valence-corrected chi connectivity index (χ2v) is 9.57. The maximum atomic E-state index is 13.0. The number of anilines is 1. The number of carbonyl (C=O) groups excluding carboxylic acids is 1. The standard InChI is InChI=1S/C25H29N7O3/c1-26-22-10-20(29-24-17(11-28-32(22)24)25(34)30-19-5-6-21(19)33)18-12-31(15-8-14(9-15)13-35-2)23-16(18)4-3-7-27-23/h3-4,7,10-12,14-15,19,21,26,33H,5-6,8-9,13H2,1-2H3,(H,30,34)/t14?,15?,19-,21+/m1/s1. The number of amides is 1. The summed E-state index contributed by atoms with van der Waals surface area (Å²) in [5.41, 5.74) is 3.48. The molecule has 4 aromatic heterocycles. The number of aliphatic hydroxyl groups is 1. The molecule has 0 saturated heterocycles. The van der Waals surface area contributed by atoms with Gasteiger partial charge in [0.1, 0.15) is 17.0 Å². The molecule has 2 saturated carbocycles. The van der Waals surface area contributed by atoms with Crippen molar-refractivity contribution in [2.75, 3.05) is 26.1 Å². The number of ether oxygens (including phenoxy) is 1. The van der Waals surface area contributed by atoms with Crippen molar-refractivity contribution in [2.45, 2.75) is 43.9 Å². The summed E-state index contributed by atoms with van der Waals surface area (Å²) in [4.78, 5) is 22.6. The van der Waals surface area contributed by atoms with E-state index in [1.807, 2.05) is 25.4 Å². The quantitative estimate of drug-likeness (QED) is 0.376. The summed E-state index contributed by atoms with van der Waals surface area (Å²) in [6.45, 7) is 0.781. The van der Waals surface area contributed by atoms with Crippen LogP contribution in [0.25, 0.3) is 27.9 Å². The zero-order valence-electron chi connectivity index (χ0n) is 19.8. The number of methoxy groups -OCH3 is 1. The number of rotatable bonds is 7. The number of hydrogen-bond acceptors (Lipinski definition) is 7. The van der Waals surface area contributed by atoms with E-state index in [2.05, 4.69) is 37.5 Å². The predicted octanol–water partition coefficient (Wildman–Crippen LogP) is 2.64. The van der Waals surface area contributed by atoms with Crippen molar-refractivity contribution in [3.05, 3.63) is 42.4 Å². The Morgan fingerprint density at radius 3 is 2.86 bits per heavy atom. The van der Waals surface area contributed by atoms with Gasteiger partial charge < -0.3 is 25.0 Å². The predicted molar refractivity (Wildman–Crippen MR) is 131 cm³/mol. The highest BCUT2D eigenvalue weighted by Gasteiger charge is 2.33. The fourth-order valence-corrected chi connectivity index (χ4v) is 5.20. The third-order valence-electron chi connectivity index (χ3n) is 7.40. The first kappa shape index (κ1) is 22.0. The first-order chi connectivity index (χ1) is 17.1. The highest BCUT2D eigenvalue weighted by Crippen LogP contribution is 2.42. The molecule has 4 heterocycles. The minimum absolute atomic E-state index is 0.224. The molecule has 2 fully saturated rings. The highest BCUT2D eigenvalue weighted by atomic mass is 16.5. The number of pyridine rings is 1. The molecule has 10 nitrogen and oxygen atoms in total. The number of nitrogens with one attached hydrogen (secondary N) is 2. The number of fused-ring (bicyclic) bond motifs is 2. The maximum Gasteiger partial charge on any atom is 0.257 e. The molecule has 3 N–H and O–H groups in total. The van der Waals surface area contributed by atoms with Gasteiger partial charge in [0, 0.05) is 56.2 Å². The minimum Gasteiger partial charge on any atom is -0.391 e. The molecule has 0 unspecified atom stereocenters. The third kappa shape index (κ3) is 3.64. The van der Waals surface area contributed by atoms with Crippen LogP contribution < -0.4 is 10.6 Å². The van der Waals surface area contributed by atoms with E-state index in [4.69, 9.17) is 9.72 Å². The van der Waals surface area contributed by atoms with Crippen molar-refractivity contribution in [2.24, 2.45) is 5.92 Å². The van der Waals surface area contributed by atoms with Gasteiger partial charge in [0.25, 0.3) is 5.91 Å². The lowest BCUT2D eigenvalue weighted by molar-refractivity contribution is 0.0448. The Balaban J connectivity index is 1.42. The lowest BCUT2D eigenvalue weighted by Gasteiger charge is -2.36. The van der Waals surface area contributed by atoms with Gasteiger partial charge in [-0.2, -0.15) is 9.61 Å².